The maximum absolute atomic E-state index is 13.0. The highest BCUT2D eigenvalue weighted by molar-refractivity contribution is 5.70. The normalized spacial score (nSPS) is 13.5. The summed E-state index contributed by atoms with van der Waals surface area (Å²) in [5, 5.41) is 11.9. The number of rotatable bonds is 76. The standard InChI is InChI=1S/C92H155NO8/c1-6-8-10-12-14-16-18-20-22-24-26-28-30-32-34-36-38-40-42-44-45-47-48-50-52-54-56-58-60-62-64-66-68-70-72-74-76-78-80-82-89(94)99-86-88(87-100-92(91(96)97)98-85-84-93(3,4)5)101-90(95)83-81-79-77-75-73-71-69-67-65-63-61-59-57-55-53-51-49-46-43-41-39-37-35-33-31-29-27-25-23-21-19-17-15-13-11-9-7-2/h8-11,14-17,20-23,26-29,32-35,38-41,46,49,88,92H,6-7,12-13,18-19,24-25,30-31,36-37,42-45,47-48,50-87H2,1-5H3/b10-8-,11-9-,16-14-,17-15-,22-20-,23-21-,28-26-,29-27-,34-32-,35-33-,40-38-,41-39-,49-46-. The quantitative estimate of drug-likeness (QED) is 0.0195. The lowest BCUT2D eigenvalue weighted by molar-refractivity contribution is -0.870. The summed E-state index contributed by atoms with van der Waals surface area (Å²) < 4.78 is 22.9. The average Bonchev–Trinajstić information content (AvgIpc) is 1.25. The van der Waals surface area contributed by atoms with Crippen molar-refractivity contribution in [3.63, 3.8) is 0 Å². The molecule has 0 heterocycles. The maximum atomic E-state index is 13.0. The van der Waals surface area contributed by atoms with E-state index in [9.17, 15) is 19.5 Å². The van der Waals surface area contributed by atoms with Crippen molar-refractivity contribution < 1.29 is 42.9 Å². The second kappa shape index (κ2) is 80.6. The number of aliphatic carboxylic acids is 1. The Morgan fingerprint density at radius 1 is 0.297 bits per heavy atom. The number of unbranched alkanes of at least 4 members (excludes halogenated alkanes) is 35. The monoisotopic (exact) mass is 1400 g/mol. The van der Waals surface area contributed by atoms with Crippen molar-refractivity contribution >= 4 is 17.9 Å². The third-order valence-electron chi connectivity index (χ3n) is 17.8. The molecule has 0 spiro atoms. The molecule has 9 heteroatoms. The van der Waals surface area contributed by atoms with Crippen LogP contribution in [0.15, 0.2) is 158 Å². The summed E-state index contributed by atoms with van der Waals surface area (Å²) in [5.41, 5.74) is 0. The molecule has 2 unspecified atom stereocenters. The third kappa shape index (κ3) is 82.1. The summed E-state index contributed by atoms with van der Waals surface area (Å²) in [4.78, 5) is 37.7. The number of ether oxygens (including phenoxy) is 4. The first-order valence-electron chi connectivity index (χ1n) is 41.6. The molecule has 0 aliphatic heterocycles. The molecule has 0 saturated heterocycles. The molecule has 0 aliphatic carbocycles. The lowest BCUT2D eigenvalue weighted by atomic mass is 10.0. The predicted molar refractivity (Wildman–Crippen MR) is 435 cm³/mol. The van der Waals surface area contributed by atoms with E-state index in [1.807, 2.05) is 21.1 Å². The van der Waals surface area contributed by atoms with E-state index in [0.29, 0.717) is 17.4 Å². The van der Waals surface area contributed by atoms with Gasteiger partial charge in [-0.2, -0.15) is 0 Å². The van der Waals surface area contributed by atoms with Crippen molar-refractivity contribution in [2.45, 2.75) is 360 Å². The summed E-state index contributed by atoms with van der Waals surface area (Å²) in [6.45, 7) is 4.55. The first-order chi connectivity index (χ1) is 49.6. The van der Waals surface area contributed by atoms with Crippen molar-refractivity contribution in [2.75, 3.05) is 47.5 Å². The molecular weight excluding hydrogens is 1250 g/mol. The molecule has 0 bridgehead atoms. The Balaban J connectivity index is 4.01. The van der Waals surface area contributed by atoms with E-state index in [2.05, 4.69) is 172 Å². The number of carbonyl (C=O) groups excluding carboxylic acids is 3. The molecule has 0 aromatic rings. The van der Waals surface area contributed by atoms with Crippen LogP contribution in [0.2, 0.25) is 0 Å². The highest BCUT2D eigenvalue weighted by atomic mass is 16.7. The first kappa shape index (κ1) is 95.9. The van der Waals surface area contributed by atoms with E-state index >= 15 is 0 Å². The average molecular weight is 1400 g/mol. The van der Waals surface area contributed by atoms with Gasteiger partial charge in [0.15, 0.2) is 12.4 Å². The summed E-state index contributed by atoms with van der Waals surface area (Å²) in [6.07, 6.45) is 117. The van der Waals surface area contributed by atoms with Crippen LogP contribution in [0.3, 0.4) is 0 Å². The Morgan fingerprint density at radius 2 is 0.535 bits per heavy atom. The zero-order valence-corrected chi connectivity index (χ0v) is 66.0. The largest absolute Gasteiger partial charge is 0.545 e. The maximum Gasteiger partial charge on any atom is 0.306 e. The molecule has 0 saturated carbocycles. The van der Waals surface area contributed by atoms with E-state index in [-0.39, 0.29) is 38.6 Å². The summed E-state index contributed by atoms with van der Waals surface area (Å²) in [5.74, 6) is -2.27. The Morgan fingerprint density at radius 3 is 0.792 bits per heavy atom. The van der Waals surface area contributed by atoms with Gasteiger partial charge in [-0.15, -0.1) is 0 Å². The Labute approximate surface area is 623 Å². The van der Waals surface area contributed by atoms with Crippen molar-refractivity contribution in [2.24, 2.45) is 0 Å². The lowest BCUT2D eigenvalue weighted by Crippen LogP contribution is -2.44. The molecule has 101 heavy (non-hydrogen) atoms. The number of allylic oxidation sites excluding steroid dienone is 26. The minimum Gasteiger partial charge on any atom is -0.545 e. The van der Waals surface area contributed by atoms with Crippen LogP contribution in [0.4, 0.5) is 0 Å². The number of hydrogen-bond acceptors (Lipinski definition) is 8. The van der Waals surface area contributed by atoms with E-state index in [4.69, 9.17) is 18.9 Å². The van der Waals surface area contributed by atoms with Crippen LogP contribution in [0.1, 0.15) is 348 Å². The Kier molecular flexibility index (Phi) is 76.5. The van der Waals surface area contributed by atoms with Gasteiger partial charge in [-0.05, 0) is 122 Å². The summed E-state index contributed by atoms with van der Waals surface area (Å²) in [7, 11) is 5.94. The molecule has 0 aliphatic rings. The highest BCUT2D eigenvalue weighted by Gasteiger charge is 2.22. The third-order valence-corrected chi connectivity index (χ3v) is 17.8. The van der Waals surface area contributed by atoms with Crippen LogP contribution < -0.4 is 5.11 Å². The second-order valence-corrected chi connectivity index (χ2v) is 28.7. The van der Waals surface area contributed by atoms with Crippen LogP contribution in [-0.4, -0.2) is 82.3 Å². The van der Waals surface area contributed by atoms with E-state index in [1.165, 1.54) is 193 Å². The number of esters is 2. The van der Waals surface area contributed by atoms with Crippen LogP contribution in [0.25, 0.3) is 0 Å². The minimum atomic E-state index is -1.63. The van der Waals surface area contributed by atoms with Crippen molar-refractivity contribution in [3.05, 3.63) is 158 Å². The van der Waals surface area contributed by atoms with Gasteiger partial charge in [0.2, 0.25) is 0 Å². The lowest BCUT2D eigenvalue weighted by Gasteiger charge is -2.26. The molecule has 0 radical (unpaired) electrons. The molecule has 0 N–H and O–H groups in total. The van der Waals surface area contributed by atoms with E-state index in [0.717, 1.165) is 122 Å². The van der Waals surface area contributed by atoms with Gasteiger partial charge < -0.3 is 33.3 Å². The topological polar surface area (TPSA) is 111 Å². The molecule has 0 rings (SSSR count). The van der Waals surface area contributed by atoms with Crippen molar-refractivity contribution in [3.8, 4) is 0 Å². The van der Waals surface area contributed by atoms with Crippen LogP contribution >= 0.6 is 0 Å². The van der Waals surface area contributed by atoms with Gasteiger partial charge in [0.1, 0.15) is 13.2 Å². The minimum absolute atomic E-state index is 0.144. The highest BCUT2D eigenvalue weighted by Crippen LogP contribution is 2.19. The van der Waals surface area contributed by atoms with Gasteiger partial charge in [0, 0.05) is 12.8 Å². The zero-order valence-electron chi connectivity index (χ0n) is 66.0. The molecule has 0 fully saturated rings. The molecule has 9 nitrogen and oxygen atoms in total. The van der Waals surface area contributed by atoms with Crippen molar-refractivity contribution in [1.82, 2.24) is 0 Å². The number of quaternary nitrogens is 1. The van der Waals surface area contributed by atoms with E-state index < -0.39 is 24.3 Å². The zero-order chi connectivity index (χ0) is 73.2. The van der Waals surface area contributed by atoms with Crippen LogP contribution in [0, 0.1) is 0 Å². The fraction of sp³-hybridized carbons (Fsp3) is 0.685. The smallest absolute Gasteiger partial charge is 0.306 e. The van der Waals surface area contributed by atoms with Crippen LogP contribution in [0.5, 0.6) is 0 Å². The van der Waals surface area contributed by atoms with Gasteiger partial charge in [0.25, 0.3) is 0 Å². The molecule has 576 valence electrons. The van der Waals surface area contributed by atoms with Gasteiger partial charge in [-0.25, -0.2) is 0 Å². The Hall–Kier alpha value is -5.09. The number of nitrogens with zero attached hydrogens (tertiary/aromatic N) is 1. The molecule has 0 amide bonds. The summed E-state index contributed by atoms with van der Waals surface area (Å²) in [6, 6.07) is 0. The number of likely N-dealkylation sites (N-methyl/N-ethyl adjacent to an activating group) is 1. The number of carboxylic acids is 1. The molecular formula is C92H155NO8. The molecule has 0 aromatic heterocycles. The first-order valence-corrected chi connectivity index (χ1v) is 41.6. The van der Waals surface area contributed by atoms with E-state index in [1.54, 1.807) is 0 Å². The SMILES string of the molecule is CC/C=C\C/C=C\C/C=C\C/C=C\C/C=C\C/C=C\C/C=C\CCCCCCCCCCCCCCCCCC(=O)OC(COC(=O)CCCCCCCCCCCCCCCCCCCCCC/C=C\C/C=C\C/C=C\C/C=C\C/C=C\C/C=C\CC)COC(OCC[N+](C)(C)C)C(=O)[O-]. The molecule has 0 aromatic carbocycles. The second-order valence-electron chi connectivity index (χ2n) is 28.7. The fourth-order valence-electron chi connectivity index (χ4n) is 11.5. The van der Waals surface area contributed by atoms with Gasteiger partial charge in [-0.1, -0.05) is 371 Å². The van der Waals surface area contributed by atoms with Gasteiger partial charge in [0.05, 0.1) is 40.3 Å². The molecule has 2 atom stereocenters. The predicted octanol–water partition coefficient (Wildman–Crippen LogP) is 25.8. The number of carbonyl (C=O) groups is 3. The Bertz CT molecular complexity index is 2230. The van der Waals surface area contributed by atoms with Crippen molar-refractivity contribution in [1.29, 1.82) is 0 Å². The number of hydrogen-bond donors (Lipinski definition) is 0. The summed E-state index contributed by atoms with van der Waals surface area (Å²) >= 11 is 0. The van der Waals surface area contributed by atoms with Gasteiger partial charge >= 0.3 is 11.9 Å². The number of carboxylic acid groups (broad SMARTS) is 1. The van der Waals surface area contributed by atoms with Crippen LogP contribution in [-0.2, 0) is 33.3 Å². The fourth-order valence-corrected chi connectivity index (χ4v) is 11.5. The van der Waals surface area contributed by atoms with Gasteiger partial charge in [-0.3, -0.25) is 9.59 Å².